The van der Waals surface area contributed by atoms with Crippen molar-refractivity contribution < 1.29 is 22.9 Å². The van der Waals surface area contributed by atoms with Gasteiger partial charge in [-0.3, -0.25) is 24.0 Å². The van der Waals surface area contributed by atoms with Gasteiger partial charge in [-0.05, 0) is 25.1 Å². The Hall–Kier alpha value is -3.27. The van der Waals surface area contributed by atoms with E-state index < -0.39 is 27.4 Å². The summed E-state index contributed by atoms with van der Waals surface area (Å²) in [5.41, 5.74) is 0.432. The van der Waals surface area contributed by atoms with E-state index in [4.69, 9.17) is 0 Å². The highest BCUT2D eigenvalue weighted by molar-refractivity contribution is 7.92. The molecule has 0 unspecified atom stereocenters. The first-order valence-corrected chi connectivity index (χ1v) is 9.56. The van der Waals surface area contributed by atoms with Crippen molar-refractivity contribution in [2.45, 2.75) is 6.92 Å². The molecule has 0 heterocycles. The fourth-order valence-corrected chi connectivity index (χ4v) is 3.16. The average Bonchev–Trinajstić information content (AvgIpc) is 2.59. The van der Waals surface area contributed by atoms with Crippen LogP contribution in [0.25, 0.3) is 0 Å². The van der Waals surface area contributed by atoms with Crippen molar-refractivity contribution in [1.82, 2.24) is 0 Å². The molecule has 1 N–H and O–H groups in total. The van der Waals surface area contributed by atoms with E-state index in [-0.39, 0.29) is 22.8 Å². The van der Waals surface area contributed by atoms with Gasteiger partial charge in [0.2, 0.25) is 15.9 Å². The summed E-state index contributed by atoms with van der Waals surface area (Å²) in [7, 11) is -3.82. The van der Waals surface area contributed by atoms with Crippen molar-refractivity contribution in [3.63, 3.8) is 0 Å². The summed E-state index contributed by atoms with van der Waals surface area (Å²) in [6.45, 7) is 0.793. The van der Waals surface area contributed by atoms with Crippen LogP contribution in [0.2, 0.25) is 0 Å². The van der Waals surface area contributed by atoms with E-state index >= 15 is 0 Å². The lowest BCUT2D eigenvalue weighted by atomic mass is 10.1. The lowest BCUT2D eigenvalue weighted by molar-refractivity contribution is -0.384. The number of nitrogens with zero attached hydrogens (tertiary/aromatic N) is 2. The molecule has 2 aromatic carbocycles. The van der Waals surface area contributed by atoms with Crippen LogP contribution < -0.4 is 9.62 Å². The summed E-state index contributed by atoms with van der Waals surface area (Å²) >= 11 is 0. The molecule has 27 heavy (non-hydrogen) atoms. The van der Waals surface area contributed by atoms with Crippen molar-refractivity contribution in [1.29, 1.82) is 0 Å². The molecule has 1 amide bonds. The van der Waals surface area contributed by atoms with Crippen molar-refractivity contribution in [3.05, 3.63) is 64.2 Å². The molecule has 0 radical (unpaired) electrons. The number of nitrogens with one attached hydrogen (secondary N) is 1. The third kappa shape index (κ3) is 5.35. The van der Waals surface area contributed by atoms with Gasteiger partial charge in [-0.15, -0.1) is 0 Å². The van der Waals surface area contributed by atoms with Crippen molar-refractivity contribution >= 4 is 38.8 Å². The topological polar surface area (TPSA) is 127 Å². The molecule has 0 atom stereocenters. The first-order valence-electron chi connectivity index (χ1n) is 7.71. The molecule has 0 fully saturated rings. The summed E-state index contributed by atoms with van der Waals surface area (Å²) in [5, 5.41) is 13.2. The number of rotatable bonds is 7. The zero-order chi connectivity index (χ0) is 20.2. The molecule has 0 aliphatic carbocycles. The van der Waals surface area contributed by atoms with E-state index in [1.54, 1.807) is 0 Å². The highest BCUT2D eigenvalue weighted by atomic mass is 32.2. The number of sulfonamides is 1. The predicted molar refractivity (Wildman–Crippen MR) is 100 cm³/mol. The number of non-ortho nitro benzene ring substituents is 1. The van der Waals surface area contributed by atoms with Crippen molar-refractivity contribution in [2.24, 2.45) is 0 Å². The van der Waals surface area contributed by atoms with Gasteiger partial charge in [0.05, 0.1) is 16.9 Å². The van der Waals surface area contributed by atoms with Crippen LogP contribution in [0.5, 0.6) is 0 Å². The maximum absolute atomic E-state index is 12.3. The number of nitro groups is 1. The molecule has 0 aliphatic rings. The van der Waals surface area contributed by atoms with E-state index in [1.165, 1.54) is 55.5 Å². The van der Waals surface area contributed by atoms with E-state index in [9.17, 15) is 28.1 Å². The summed E-state index contributed by atoms with van der Waals surface area (Å²) in [4.78, 5) is 34.0. The Morgan fingerprint density at radius 3 is 2.41 bits per heavy atom. The van der Waals surface area contributed by atoms with Crippen LogP contribution in [0.1, 0.15) is 17.3 Å². The number of anilines is 2. The van der Waals surface area contributed by atoms with E-state index in [0.29, 0.717) is 5.56 Å². The number of benzene rings is 2. The zero-order valence-corrected chi connectivity index (χ0v) is 15.4. The fraction of sp³-hybridized carbons (Fsp3) is 0.176. The maximum Gasteiger partial charge on any atom is 0.271 e. The summed E-state index contributed by atoms with van der Waals surface area (Å²) in [6, 6.07) is 11.2. The highest BCUT2D eigenvalue weighted by Crippen LogP contribution is 2.21. The monoisotopic (exact) mass is 391 g/mol. The standard InChI is InChI=1S/C17H17N3O6S/c1-12(21)13-5-3-7-15(9-13)19(27(2,25)26)11-17(22)18-14-6-4-8-16(10-14)20(23)24/h3-10H,11H2,1-2H3,(H,18,22). The Balaban J connectivity index is 2.25. The number of nitro benzene ring substituents is 1. The van der Waals surface area contributed by atoms with Crippen LogP contribution >= 0.6 is 0 Å². The Labute approximate surface area is 155 Å². The van der Waals surface area contributed by atoms with Crippen LogP contribution in [-0.4, -0.2) is 37.8 Å². The minimum absolute atomic E-state index is 0.166. The first kappa shape index (κ1) is 20.0. The normalized spacial score (nSPS) is 10.9. The van der Waals surface area contributed by atoms with Gasteiger partial charge in [-0.2, -0.15) is 0 Å². The van der Waals surface area contributed by atoms with Gasteiger partial charge in [-0.25, -0.2) is 8.42 Å². The molecule has 9 nitrogen and oxygen atoms in total. The van der Waals surface area contributed by atoms with Gasteiger partial charge in [0.25, 0.3) is 5.69 Å². The minimum atomic E-state index is -3.82. The highest BCUT2D eigenvalue weighted by Gasteiger charge is 2.22. The quantitative estimate of drug-likeness (QED) is 0.438. The minimum Gasteiger partial charge on any atom is -0.324 e. The van der Waals surface area contributed by atoms with Crippen LogP contribution in [0.15, 0.2) is 48.5 Å². The molecule has 0 spiro atoms. The average molecular weight is 391 g/mol. The van der Waals surface area contributed by atoms with Gasteiger partial charge in [-0.1, -0.05) is 18.2 Å². The van der Waals surface area contributed by atoms with E-state index in [1.807, 2.05) is 0 Å². The number of hydrogen-bond acceptors (Lipinski definition) is 6. The second-order valence-corrected chi connectivity index (χ2v) is 7.64. The van der Waals surface area contributed by atoms with Crippen LogP contribution in [0.4, 0.5) is 17.1 Å². The Morgan fingerprint density at radius 1 is 1.15 bits per heavy atom. The summed E-state index contributed by atoms with van der Waals surface area (Å²) < 4.78 is 25.1. The molecule has 10 heteroatoms. The number of Topliss-reactive ketones (excluding diaryl/α,β-unsaturated/α-hetero) is 1. The molecule has 0 saturated heterocycles. The maximum atomic E-state index is 12.3. The predicted octanol–water partition coefficient (Wildman–Crippen LogP) is 2.20. The van der Waals surface area contributed by atoms with Crippen LogP contribution in [0, 0.1) is 10.1 Å². The number of hydrogen-bond donors (Lipinski definition) is 1. The summed E-state index contributed by atoms with van der Waals surface area (Å²) in [5.74, 6) is -0.930. The molecule has 0 aromatic heterocycles. The summed E-state index contributed by atoms with van der Waals surface area (Å²) in [6.07, 6.45) is 0.939. The smallest absolute Gasteiger partial charge is 0.271 e. The lowest BCUT2D eigenvalue weighted by Gasteiger charge is -2.22. The number of ketones is 1. The number of amides is 1. The SMILES string of the molecule is CC(=O)c1cccc(N(CC(=O)Nc2cccc([N+](=O)[O-])c2)S(C)(=O)=O)c1. The second kappa shape index (κ2) is 7.96. The van der Waals surface area contributed by atoms with Crippen LogP contribution in [-0.2, 0) is 14.8 Å². The van der Waals surface area contributed by atoms with Gasteiger partial charge in [0.15, 0.2) is 5.78 Å². The van der Waals surface area contributed by atoms with Gasteiger partial charge in [0.1, 0.15) is 6.54 Å². The number of carbonyl (C=O) groups excluding carboxylic acids is 2. The fourth-order valence-electron chi connectivity index (χ4n) is 2.31. The molecular weight excluding hydrogens is 374 g/mol. The molecule has 0 aliphatic heterocycles. The Morgan fingerprint density at radius 2 is 1.81 bits per heavy atom. The number of carbonyl (C=O) groups is 2. The molecule has 0 saturated carbocycles. The van der Waals surface area contributed by atoms with Crippen molar-refractivity contribution in [2.75, 3.05) is 22.4 Å². The van der Waals surface area contributed by atoms with Gasteiger partial charge < -0.3 is 5.32 Å². The van der Waals surface area contributed by atoms with Crippen molar-refractivity contribution in [3.8, 4) is 0 Å². The Kier molecular flexibility index (Phi) is 5.91. The zero-order valence-electron chi connectivity index (χ0n) is 14.6. The van der Waals surface area contributed by atoms with Gasteiger partial charge in [0, 0.05) is 23.4 Å². The Bertz CT molecular complexity index is 1000. The lowest BCUT2D eigenvalue weighted by Crippen LogP contribution is -2.37. The molecule has 142 valence electrons. The molecular formula is C17H17N3O6S. The first-order chi connectivity index (χ1) is 12.6. The second-order valence-electron chi connectivity index (χ2n) is 5.73. The largest absolute Gasteiger partial charge is 0.324 e. The van der Waals surface area contributed by atoms with Gasteiger partial charge >= 0.3 is 0 Å². The molecule has 2 aromatic rings. The van der Waals surface area contributed by atoms with E-state index in [2.05, 4.69) is 5.32 Å². The third-order valence-electron chi connectivity index (χ3n) is 3.57. The molecule has 0 bridgehead atoms. The van der Waals surface area contributed by atoms with E-state index in [0.717, 1.165) is 10.6 Å². The third-order valence-corrected chi connectivity index (χ3v) is 4.71. The molecule has 2 rings (SSSR count). The van der Waals surface area contributed by atoms with Crippen LogP contribution in [0.3, 0.4) is 0 Å².